The Morgan fingerprint density at radius 2 is 2.05 bits per heavy atom. The molecule has 2 rings (SSSR count). The van der Waals surface area contributed by atoms with Gasteiger partial charge in [0.1, 0.15) is 6.04 Å². The van der Waals surface area contributed by atoms with E-state index in [-0.39, 0.29) is 11.4 Å². The molecule has 1 aromatic rings. The van der Waals surface area contributed by atoms with Crippen LogP contribution < -0.4 is 0 Å². The molecule has 0 spiro atoms. The number of thioether (sulfide) groups is 1. The Morgan fingerprint density at radius 3 is 2.62 bits per heavy atom. The minimum atomic E-state index is -3.83. The van der Waals surface area contributed by atoms with Crippen LogP contribution in [0.3, 0.4) is 0 Å². The van der Waals surface area contributed by atoms with Crippen molar-refractivity contribution in [1.82, 2.24) is 4.31 Å². The van der Waals surface area contributed by atoms with Crippen LogP contribution in [0.25, 0.3) is 0 Å². The van der Waals surface area contributed by atoms with Crippen LogP contribution in [0.1, 0.15) is 13.8 Å². The molecule has 5 nitrogen and oxygen atoms in total. The smallest absolute Gasteiger partial charge is 0.323 e. The third kappa shape index (κ3) is 3.22. The third-order valence-corrected chi connectivity index (χ3v) is 7.97. The van der Waals surface area contributed by atoms with Crippen molar-refractivity contribution in [2.75, 3.05) is 12.3 Å². The lowest BCUT2D eigenvalue weighted by Gasteiger charge is -2.42. The Labute approximate surface area is 142 Å². The maximum Gasteiger partial charge on any atom is 0.323 e. The lowest BCUT2D eigenvalue weighted by Crippen LogP contribution is -2.58. The summed E-state index contributed by atoms with van der Waals surface area (Å²) >= 11 is 3.44. The predicted molar refractivity (Wildman–Crippen MR) is 91.0 cm³/mol. The minimum Gasteiger partial charge on any atom is -0.480 e. The molecule has 1 N–H and O–H groups in total. The monoisotopic (exact) mass is 441 g/mol. The fraction of sp³-hybridized carbons (Fsp3) is 0.462. The van der Waals surface area contributed by atoms with Crippen LogP contribution >= 0.6 is 34.4 Å². The number of hydrogen-bond acceptors (Lipinski definition) is 4. The summed E-state index contributed by atoms with van der Waals surface area (Å²) in [6, 6.07) is 5.55. The van der Waals surface area contributed by atoms with Crippen molar-refractivity contribution in [2.24, 2.45) is 0 Å². The van der Waals surface area contributed by atoms with Gasteiger partial charge in [-0.2, -0.15) is 16.1 Å². The molecule has 1 saturated heterocycles. The van der Waals surface area contributed by atoms with E-state index in [9.17, 15) is 18.3 Å². The molecule has 1 fully saturated rings. The standard InChI is InChI=1S/C13H16INO4S2/c1-13(2)11(12(16)17)15(7-8-20-13)21(18,19)10-6-4-3-5-9(10)14/h3-6,11H,7-8H2,1-2H3,(H,16,17)/t11-/m0/s1. The first-order valence-corrected chi connectivity index (χ1v) is 9.81. The maximum absolute atomic E-state index is 12.9. The molecule has 1 atom stereocenters. The van der Waals surface area contributed by atoms with Gasteiger partial charge in [0.2, 0.25) is 10.0 Å². The van der Waals surface area contributed by atoms with E-state index in [1.54, 1.807) is 32.0 Å². The van der Waals surface area contributed by atoms with Gasteiger partial charge >= 0.3 is 5.97 Å². The number of carboxylic acids is 1. The number of carbonyl (C=O) groups is 1. The van der Waals surface area contributed by atoms with Gasteiger partial charge in [-0.05, 0) is 48.6 Å². The van der Waals surface area contributed by atoms with Gasteiger partial charge in [-0.3, -0.25) is 4.79 Å². The molecule has 0 aromatic heterocycles. The van der Waals surface area contributed by atoms with Crippen LogP contribution in [-0.2, 0) is 14.8 Å². The van der Waals surface area contributed by atoms with E-state index >= 15 is 0 Å². The topological polar surface area (TPSA) is 74.7 Å². The van der Waals surface area contributed by atoms with Crippen LogP contribution in [-0.4, -0.2) is 46.9 Å². The first kappa shape index (κ1) is 17.0. The molecule has 0 unspecified atom stereocenters. The van der Waals surface area contributed by atoms with Crippen molar-refractivity contribution < 1.29 is 18.3 Å². The Balaban J connectivity index is 2.52. The number of hydrogen-bond donors (Lipinski definition) is 1. The van der Waals surface area contributed by atoms with Crippen molar-refractivity contribution in [3.63, 3.8) is 0 Å². The second-order valence-corrected chi connectivity index (χ2v) is 10.0. The molecule has 21 heavy (non-hydrogen) atoms. The summed E-state index contributed by atoms with van der Waals surface area (Å²) in [5.74, 6) is -0.527. The number of benzene rings is 1. The Kier molecular flexibility index (Phi) is 4.91. The first-order chi connectivity index (χ1) is 9.68. The largest absolute Gasteiger partial charge is 0.480 e. The summed E-state index contributed by atoms with van der Waals surface area (Å²) in [4.78, 5) is 11.8. The highest BCUT2D eigenvalue weighted by molar-refractivity contribution is 14.1. The second-order valence-electron chi connectivity index (χ2n) is 5.24. The lowest BCUT2D eigenvalue weighted by molar-refractivity contribution is -0.142. The van der Waals surface area contributed by atoms with E-state index in [4.69, 9.17) is 0 Å². The molecule has 116 valence electrons. The van der Waals surface area contributed by atoms with Gasteiger partial charge in [0.05, 0.1) is 4.90 Å². The summed E-state index contributed by atoms with van der Waals surface area (Å²) in [6.45, 7) is 3.75. The summed E-state index contributed by atoms with van der Waals surface area (Å²) in [5, 5.41) is 9.50. The fourth-order valence-electron chi connectivity index (χ4n) is 2.41. The number of nitrogens with zero attached hydrogens (tertiary/aromatic N) is 1. The summed E-state index contributed by atoms with van der Waals surface area (Å²) < 4.78 is 26.8. The van der Waals surface area contributed by atoms with Crippen LogP contribution in [0.2, 0.25) is 0 Å². The number of rotatable bonds is 3. The molecule has 0 saturated carbocycles. The number of sulfonamides is 1. The second kappa shape index (κ2) is 6.05. The van der Waals surface area contributed by atoms with E-state index in [1.165, 1.54) is 17.8 Å². The molecule has 1 aliphatic heterocycles. The summed E-state index contributed by atoms with van der Waals surface area (Å²) in [5.41, 5.74) is 0. The highest BCUT2D eigenvalue weighted by Crippen LogP contribution is 2.38. The zero-order valence-corrected chi connectivity index (χ0v) is 15.4. The van der Waals surface area contributed by atoms with Crippen LogP contribution in [0.5, 0.6) is 0 Å². The predicted octanol–water partition coefficient (Wildman–Crippen LogP) is 2.26. The highest BCUT2D eigenvalue weighted by atomic mass is 127. The van der Waals surface area contributed by atoms with Gasteiger partial charge in [-0.15, -0.1) is 0 Å². The third-order valence-electron chi connectivity index (χ3n) is 3.39. The molecule has 8 heteroatoms. The minimum absolute atomic E-state index is 0.166. The quantitative estimate of drug-likeness (QED) is 0.729. The summed E-state index contributed by atoms with van der Waals surface area (Å²) in [7, 11) is -3.83. The van der Waals surface area contributed by atoms with E-state index < -0.39 is 26.8 Å². The first-order valence-electron chi connectivity index (χ1n) is 6.31. The van der Waals surface area contributed by atoms with Crippen molar-refractivity contribution in [3.8, 4) is 0 Å². The van der Waals surface area contributed by atoms with Crippen molar-refractivity contribution in [3.05, 3.63) is 27.8 Å². The average Bonchev–Trinajstić information content (AvgIpc) is 2.37. The van der Waals surface area contributed by atoms with Gasteiger partial charge in [0.25, 0.3) is 0 Å². The van der Waals surface area contributed by atoms with Gasteiger partial charge in [0, 0.05) is 20.6 Å². The number of aliphatic carboxylic acids is 1. The molecule has 1 aromatic carbocycles. The zero-order chi connectivity index (χ0) is 15.8. The van der Waals surface area contributed by atoms with E-state index in [1.807, 2.05) is 22.6 Å². The zero-order valence-electron chi connectivity index (χ0n) is 11.6. The van der Waals surface area contributed by atoms with Gasteiger partial charge in [-0.25, -0.2) is 8.42 Å². The maximum atomic E-state index is 12.9. The van der Waals surface area contributed by atoms with Gasteiger partial charge in [-0.1, -0.05) is 12.1 Å². The molecule has 1 heterocycles. The molecular formula is C13H16INO4S2. The van der Waals surface area contributed by atoms with Crippen molar-refractivity contribution in [2.45, 2.75) is 29.5 Å². The van der Waals surface area contributed by atoms with Gasteiger partial charge < -0.3 is 5.11 Å². The van der Waals surface area contributed by atoms with Crippen LogP contribution in [0, 0.1) is 3.57 Å². The number of halogens is 1. The molecule has 1 aliphatic rings. The molecule has 0 aliphatic carbocycles. The van der Waals surface area contributed by atoms with Crippen LogP contribution in [0.15, 0.2) is 29.2 Å². The Bertz CT molecular complexity index is 660. The molecule has 0 amide bonds. The summed E-state index contributed by atoms with van der Waals surface area (Å²) in [6.07, 6.45) is 0. The highest BCUT2D eigenvalue weighted by Gasteiger charge is 2.48. The Hall–Kier alpha value is -0.320. The molecular weight excluding hydrogens is 425 g/mol. The van der Waals surface area contributed by atoms with Crippen molar-refractivity contribution in [1.29, 1.82) is 0 Å². The van der Waals surface area contributed by atoms with Gasteiger partial charge in [0.15, 0.2) is 0 Å². The molecule has 0 radical (unpaired) electrons. The average molecular weight is 441 g/mol. The van der Waals surface area contributed by atoms with E-state index in [0.29, 0.717) is 9.32 Å². The normalized spacial score (nSPS) is 22.9. The SMILES string of the molecule is CC1(C)SCCN(S(=O)(=O)c2ccccc2I)[C@H]1C(=O)O. The van der Waals surface area contributed by atoms with E-state index in [2.05, 4.69) is 0 Å². The Morgan fingerprint density at radius 1 is 1.43 bits per heavy atom. The fourth-order valence-corrected chi connectivity index (χ4v) is 6.80. The van der Waals surface area contributed by atoms with E-state index in [0.717, 1.165) is 4.31 Å². The number of carboxylic acid groups (broad SMARTS) is 1. The van der Waals surface area contributed by atoms with Crippen LogP contribution in [0.4, 0.5) is 0 Å². The molecule has 0 bridgehead atoms. The van der Waals surface area contributed by atoms with Crippen molar-refractivity contribution >= 4 is 50.3 Å². The lowest BCUT2D eigenvalue weighted by atomic mass is 10.0.